The highest BCUT2D eigenvalue weighted by Crippen LogP contribution is 2.38. The predicted molar refractivity (Wildman–Crippen MR) is 114 cm³/mol. The molecular weight excluding hydrogens is 324 g/mol. The molecule has 0 amide bonds. The topological polar surface area (TPSA) is 0 Å². The third-order valence-electron chi connectivity index (χ3n) is 5.48. The first-order valence-electron chi connectivity index (χ1n) is 9.51. The van der Waals surface area contributed by atoms with E-state index >= 15 is 0 Å². The van der Waals surface area contributed by atoms with Gasteiger partial charge in [0.2, 0.25) is 0 Å². The van der Waals surface area contributed by atoms with Gasteiger partial charge >= 0.3 is 0 Å². The molecule has 132 valence electrons. The Morgan fingerprint density at radius 2 is 0.815 bits per heavy atom. The molecule has 0 aromatic heterocycles. The molecule has 0 aliphatic carbocycles. The van der Waals surface area contributed by atoms with Gasteiger partial charge in [-0.15, -0.1) is 0 Å². The summed E-state index contributed by atoms with van der Waals surface area (Å²) in [5.74, 6) is 0. The molecule has 0 unspecified atom stereocenters. The molecule has 0 saturated carbocycles. The molecule has 4 aromatic rings. The molecule has 0 bridgehead atoms. The zero-order valence-electron chi connectivity index (χ0n) is 15.7. The summed E-state index contributed by atoms with van der Waals surface area (Å²) in [5, 5.41) is 0. The first kappa shape index (κ1) is 17.3. The van der Waals surface area contributed by atoms with Gasteiger partial charge in [0.25, 0.3) is 0 Å². The minimum atomic E-state index is -0.173. The molecule has 4 aromatic carbocycles. The number of hydrogen-bond donors (Lipinski definition) is 0. The van der Waals surface area contributed by atoms with Crippen LogP contribution in [0.4, 0.5) is 0 Å². The summed E-state index contributed by atoms with van der Waals surface area (Å²) in [4.78, 5) is 0. The van der Waals surface area contributed by atoms with E-state index in [0.717, 1.165) is 6.42 Å². The van der Waals surface area contributed by atoms with Crippen molar-refractivity contribution >= 4 is 0 Å². The Hall–Kier alpha value is -3.12. The maximum absolute atomic E-state index is 2.32. The van der Waals surface area contributed by atoms with Gasteiger partial charge in [0, 0.05) is 5.41 Å². The van der Waals surface area contributed by atoms with Crippen LogP contribution in [-0.4, -0.2) is 0 Å². The average molecular weight is 348 g/mol. The van der Waals surface area contributed by atoms with Gasteiger partial charge in [-0.2, -0.15) is 0 Å². The van der Waals surface area contributed by atoms with E-state index in [1.165, 1.54) is 27.8 Å². The molecule has 0 heterocycles. The number of hydrogen-bond acceptors (Lipinski definition) is 0. The first-order valence-corrected chi connectivity index (χ1v) is 9.51. The van der Waals surface area contributed by atoms with Crippen LogP contribution in [0, 0.1) is 0 Å². The molecule has 0 spiro atoms. The van der Waals surface area contributed by atoms with E-state index in [1.54, 1.807) is 0 Å². The summed E-state index contributed by atoms with van der Waals surface area (Å²) in [6.07, 6.45) is 0.967. The van der Waals surface area contributed by atoms with E-state index in [9.17, 15) is 0 Å². The summed E-state index contributed by atoms with van der Waals surface area (Å²) in [6, 6.07) is 41.3. The van der Waals surface area contributed by atoms with Crippen molar-refractivity contribution in [3.63, 3.8) is 0 Å². The van der Waals surface area contributed by atoms with Crippen LogP contribution in [-0.2, 0) is 11.8 Å². The fourth-order valence-corrected chi connectivity index (χ4v) is 3.83. The van der Waals surface area contributed by atoms with Gasteiger partial charge in [-0.05, 0) is 41.2 Å². The Balaban J connectivity index is 1.73. The lowest BCUT2D eigenvalue weighted by atomic mass is 9.71. The molecule has 0 fully saturated rings. The normalized spacial score (nSPS) is 11.3. The second kappa shape index (κ2) is 7.63. The van der Waals surface area contributed by atoms with Crippen molar-refractivity contribution in [1.82, 2.24) is 0 Å². The number of rotatable bonds is 5. The van der Waals surface area contributed by atoms with Crippen LogP contribution in [0.5, 0.6) is 0 Å². The van der Waals surface area contributed by atoms with Crippen molar-refractivity contribution in [1.29, 1.82) is 0 Å². The monoisotopic (exact) mass is 348 g/mol. The Morgan fingerprint density at radius 1 is 0.444 bits per heavy atom. The lowest BCUT2D eigenvalue weighted by molar-refractivity contribution is 0.692. The molecule has 0 heteroatoms. The highest BCUT2D eigenvalue weighted by molar-refractivity contribution is 5.49. The van der Waals surface area contributed by atoms with E-state index in [0.29, 0.717) is 0 Å². The predicted octanol–water partition coefficient (Wildman–Crippen LogP) is 6.63. The van der Waals surface area contributed by atoms with Crippen molar-refractivity contribution in [2.24, 2.45) is 0 Å². The summed E-state index contributed by atoms with van der Waals surface area (Å²) in [7, 11) is 0. The van der Waals surface area contributed by atoms with Crippen molar-refractivity contribution in [3.8, 4) is 0 Å². The van der Waals surface area contributed by atoms with Crippen LogP contribution in [0.2, 0.25) is 0 Å². The van der Waals surface area contributed by atoms with E-state index in [4.69, 9.17) is 0 Å². The van der Waals surface area contributed by atoms with Gasteiger partial charge in [0.1, 0.15) is 0 Å². The Morgan fingerprint density at radius 3 is 1.30 bits per heavy atom. The third kappa shape index (κ3) is 3.57. The second-order valence-electron chi connectivity index (χ2n) is 7.22. The van der Waals surface area contributed by atoms with Crippen molar-refractivity contribution in [2.45, 2.75) is 18.8 Å². The van der Waals surface area contributed by atoms with E-state index in [-0.39, 0.29) is 5.41 Å². The van der Waals surface area contributed by atoms with Crippen molar-refractivity contribution in [3.05, 3.63) is 143 Å². The SMILES string of the molecule is CC(c1ccccc1)(c1ccccc1)c1ccc(Cc2ccccc2)cc1. The smallest absolute Gasteiger partial charge is 0.0423 e. The Bertz CT molecular complexity index is 929. The molecule has 0 aliphatic rings. The Labute approximate surface area is 162 Å². The summed E-state index contributed by atoms with van der Waals surface area (Å²) in [5.41, 5.74) is 6.46. The molecule has 0 nitrogen and oxygen atoms in total. The Kier molecular flexibility index (Phi) is 4.89. The van der Waals surface area contributed by atoms with E-state index in [2.05, 4.69) is 122 Å². The summed E-state index contributed by atoms with van der Waals surface area (Å²) in [6.45, 7) is 2.32. The zero-order valence-corrected chi connectivity index (χ0v) is 15.7. The van der Waals surface area contributed by atoms with Gasteiger partial charge in [0.15, 0.2) is 0 Å². The van der Waals surface area contributed by atoms with Gasteiger partial charge in [0.05, 0.1) is 0 Å². The van der Waals surface area contributed by atoms with Gasteiger partial charge in [-0.3, -0.25) is 0 Å². The maximum atomic E-state index is 2.32. The highest BCUT2D eigenvalue weighted by atomic mass is 14.3. The lowest BCUT2D eigenvalue weighted by Gasteiger charge is -2.32. The number of benzene rings is 4. The molecule has 4 rings (SSSR count). The van der Waals surface area contributed by atoms with Crippen LogP contribution >= 0.6 is 0 Å². The third-order valence-corrected chi connectivity index (χ3v) is 5.48. The molecule has 0 N–H and O–H groups in total. The zero-order chi connectivity index (χ0) is 18.5. The lowest BCUT2D eigenvalue weighted by Crippen LogP contribution is -2.25. The van der Waals surface area contributed by atoms with E-state index in [1.807, 2.05) is 0 Å². The fraction of sp³-hybridized carbons (Fsp3) is 0.111. The van der Waals surface area contributed by atoms with Gasteiger partial charge in [-0.25, -0.2) is 0 Å². The summed E-state index contributed by atoms with van der Waals surface area (Å²) < 4.78 is 0. The van der Waals surface area contributed by atoms with Crippen LogP contribution in [0.1, 0.15) is 34.7 Å². The van der Waals surface area contributed by atoms with Crippen LogP contribution in [0.3, 0.4) is 0 Å². The van der Waals surface area contributed by atoms with Crippen molar-refractivity contribution < 1.29 is 0 Å². The first-order chi connectivity index (χ1) is 13.3. The van der Waals surface area contributed by atoms with Crippen molar-refractivity contribution in [2.75, 3.05) is 0 Å². The molecule has 0 aliphatic heterocycles. The fourth-order valence-electron chi connectivity index (χ4n) is 3.83. The molecule has 0 radical (unpaired) electrons. The molecule has 0 atom stereocenters. The quantitative estimate of drug-likeness (QED) is 0.355. The standard InChI is InChI=1S/C27H24/c1-27(24-13-7-3-8-14-24,25-15-9-4-10-16-25)26-19-17-23(18-20-26)21-22-11-5-2-6-12-22/h2-20H,21H2,1H3. The second-order valence-corrected chi connectivity index (χ2v) is 7.22. The molecule has 27 heavy (non-hydrogen) atoms. The van der Waals surface area contributed by atoms with Gasteiger partial charge in [-0.1, -0.05) is 115 Å². The molecular formula is C27H24. The average Bonchev–Trinajstić information content (AvgIpc) is 2.76. The largest absolute Gasteiger partial charge is 0.0622 e. The van der Waals surface area contributed by atoms with Crippen LogP contribution in [0.25, 0.3) is 0 Å². The minimum Gasteiger partial charge on any atom is -0.0622 e. The van der Waals surface area contributed by atoms with Crippen LogP contribution < -0.4 is 0 Å². The van der Waals surface area contributed by atoms with Gasteiger partial charge < -0.3 is 0 Å². The van der Waals surface area contributed by atoms with Crippen LogP contribution in [0.15, 0.2) is 115 Å². The minimum absolute atomic E-state index is 0.173. The van der Waals surface area contributed by atoms with E-state index < -0.39 is 0 Å². The summed E-state index contributed by atoms with van der Waals surface area (Å²) >= 11 is 0. The molecule has 0 saturated heterocycles. The highest BCUT2D eigenvalue weighted by Gasteiger charge is 2.30. The maximum Gasteiger partial charge on any atom is 0.0423 e.